The van der Waals surface area contributed by atoms with Crippen molar-refractivity contribution in [2.45, 2.75) is 45.4 Å². The first-order chi connectivity index (χ1) is 9.63. The summed E-state index contributed by atoms with van der Waals surface area (Å²) in [5, 5.41) is 16.4. The van der Waals surface area contributed by atoms with Crippen LogP contribution in [0.5, 0.6) is 0 Å². The van der Waals surface area contributed by atoms with Gasteiger partial charge in [0.1, 0.15) is 10.8 Å². The monoisotopic (exact) mass is 292 g/mol. The molecular formula is C13H16N4O2S. The number of rotatable bonds is 5. The van der Waals surface area contributed by atoms with Crippen molar-refractivity contribution >= 4 is 22.4 Å². The van der Waals surface area contributed by atoms with Crippen molar-refractivity contribution in [2.75, 3.05) is 5.32 Å². The Hall–Kier alpha value is -1.76. The lowest BCUT2D eigenvalue weighted by Crippen LogP contribution is -2.12. The highest BCUT2D eigenvalue weighted by molar-refractivity contribution is 7.15. The van der Waals surface area contributed by atoms with Crippen molar-refractivity contribution in [3.05, 3.63) is 22.0 Å². The van der Waals surface area contributed by atoms with E-state index in [9.17, 15) is 4.79 Å². The fourth-order valence-electron chi connectivity index (χ4n) is 2.06. The molecule has 2 aromatic rings. The minimum Gasteiger partial charge on any atom is -0.361 e. The van der Waals surface area contributed by atoms with Crippen molar-refractivity contribution in [1.82, 2.24) is 15.4 Å². The van der Waals surface area contributed by atoms with Gasteiger partial charge in [0.2, 0.25) is 11.0 Å². The number of carbonyl (C=O) groups excluding carboxylic acids is 1. The molecule has 20 heavy (non-hydrogen) atoms. The second-order valence-electron chi connectivity index (χ2n) is 5.07. The Kier molecular flexibility index (Phi) is 3.52. The third-order valence-corrected chi connectivity index (χ3v) is 4.40. The maximum atomic E-state index is 11.9. The molecule has 0 bridgehead atoms. The van der Waals surface area contributed by atoms with Crippen LogP contribution >= 0.6 is 11.3 Å². The molecule has 1 N–H and O–H groups in total. The van der Waals surface area contributed by atoms with Gasteiger partial charge in [-0.2, -0.15) is 0 Å². The average molecular weight is 292 g/mol. The Morgan fingerprint density at radius 3 is 2.85 bits per heavy atom. The fourth-order valence-corrected chi connectivity index (χ4v) is 2.99. The molecule has 0 aromatic carbocycles. The van der Waals surface area contributed by atoms with Crippen LogP contribution in [0.1, 0.15) is 47.2 Å². The molecule has 0 radical (unpaired) electrons. The summed E-state index contributed by atoms with van der Waals surface area (Å²) in [4.78, 5) is 11.9. The van der Waals surface area contributed by atoms with Gasteiger partial charge in [0, 0.05) is 17.9 Å². The quantitative estimate of drug-likeness (QED) is 0.916. The Balaban J connectivity index is 1.54. The summed E-state index contributed by atoms with van der Waals surface area (Å²) in [5.74, 6) is 1.30. The van der Waals surface area contributed by atoms with Crippen LogP contribution in [0.4, 0.5) is 5.13 Å². The van der Waals surface area contributed by atoms with E-state index in [1.807, 2.05) is 13.8 Å². The highest BCUT2D eigenvalue weighted by Gasteiger charge is 2.27. The van der Waals surface area contributed by atoms with Gasteiger partial charge >= 0.3 is 0 Å². The van der Waals surface area contributed by atoms with Gasteiger partial charge in [-0.1, -0.05) is 16.5 Å². The van der Waals surface area contributed by atoms with E-state index in [1.165, 1.54) is 24.2 Å². The molecule has 3 rings (SSSR count). The zero-order valence-electron chi connectivity index (χ0n) is 11.5. The Bertz CT molecular complexity index is 611. The van der Waals surface area contributed by atoms with E-state index in [0.717, 1.165) is 22.0 Å². The number of nitrogens with one attached hydrogen (secondary N) is 1. The molecule has 1 fully saturated rings. The first-order valence-corrected chi connectivity index (χ1v) is 7.50. The standard InChI is InChI=1S/C13H16N4O2S/c1-7-10(8(2)19-17-7)5-6-11(18)14-13-16-15-12(20-13)9-3-4-9/h9H,3-6H2,1-2H3,(H,14,16,18). The zero-order valence-corrected chi connectivity index (χ0v) is 12.3. The van der Waals surface area contributed by atoms with Crippen LogP contribution in [0.25, 0.3) is 0 Å². The summed E-state index contributed by atoms with van der Waals surface area (Å²) < 4.78 is 5.08. The Labute approximate surface area is 120 Å². The van der Waals surface area contributed by atoms with E-state index >= 15 is 0 Å². The second-order valence-corrected chi connectivity index (χ2v) is 6.08. The predicted molar refractivity (Wildman–Crippen MR) is 74.8 cm³/mol. The number of aromatic nitrogens is 3. The van der Waals surface area contributed by atoms with E-state index in [-0.39, 0.29) is 5.91 Å². The summed E-state index contributed by atoms with van der Waals surface area (Å²) >= 11 is 1.48. The third-order valence-electron chi connectivity index (χ3n) is 3.40. The van der Waals surface area contributed by atoms with E-state index in [1.54, 1.807) is 0 Å². The summed E-state index contributed by atoms with van der Waals surface area (Å²) in [6, 6.07) is 0. The number of nitrogens with zero attached hydrogens (tertiary/aromatic N) is 3. The van der Waals surface area contributed by atoms with Gasteiger partial charge in [-0.3, -0.25) is 4.79 Å². The molecule has 6 nitrogen and oxygen atoms in total. The maximum Gasteiger partial charge on any atom is 0.226 e. The van der Waals surface area contributed by atoms with Gasteiger partial charge < -0.3 is 9.84 Å². The van der Waals surface area contributed by atoms with E-state index in [4.69, 9.17) is 4.52 Å². The average Bonchev–Trinajstić information content (AvgIpc) is 3.09. The van der Waals surface area contributed by atoms with Crippen molar-refractivity contribution in [1.29, 1.82) is 0 Å². The van der Waals surface area contributed by atoms with E-state index in [0.29, 0.717) is 23.9 Å². The van der Waals surface area contributed by atoms with Gasteiger partial charge in [0.25, 0.3) is 0 Å². The van der Waals surface area contributed by atoms with Crippen molar-refractivity contribution in [2.24, 2.45) is 0 Å². The molecule has 0 spiro atoms. The highest BCUT2D eigenvalue weighted by atomic mass is 32.1. The van der Waals surface area contributed by atoms with Gasteiger partial charge in [-0.05, 0) is 33.1 Å². The van der Waals surface area contributed by atoms with Gasteiger partial charge in [-0.15, -0.1) is 10.2 Å². The molecule has 1 aliphatic rings. The second kappa shape index (κ2) is 5.32. The summed E-state index contributed by atoms with van der Waals surface area (Å²) in [7, 11) is 0. The van der Waals surface area contributed by atoms with Crippen LogP contribution in [-0.2, 0) is 11.2 Å². The Morgan fingerprint density at radius 1 is 1.40 bits per heavy atom. The number of aryl methyl sites for hydroxylation is 2. The number of hydrogen-bond acceptors (Lipinski definition) is 6. The van der Waals surface area contributed by atoms with Crippen LogP contribution in [0.15, 0.2) is 4.52 Å². The molecule has 0 aliphatic heterocycles. The maximum absolute atomic E-state index is 11.9. The zero-order chi connectivity index (χ0) is 14.1. The van der Waals surface area contributed by atoms with E-state index in [2.05, 4.69) is 20.7 Å². The minimum atomic E-state index is -0.0523. The summed E-state index contributed by atoms with van der Waals surface area (Å²) in [6.07, 6.45) is 3.39. The molecule has 1 saturated carbocycles. The molecule has 1 aliphatic carbocycles. The normalized spacial score (nSPS) is 14.5. The molecule has 2 aromatic heterocycles. The lowest BCUT2D eigenvalue weighted by molar-refractivity contribution is -0.116. The van der Waals surface area contributed by atoms with Crippen LogP contribution in [0.3, 0.4) is 0 Å². The SMILES string of the molecule is Cc1noc(C)c1CCC(=O)Nc1nnc(C2CC2)s1. The predicted octanol–water partition coefficient (Wildman–Crippen LogP) is 2.59. The molecular weight excluding hydrogens is 276 g/mol. The number of amides is 1. The molecule has 1 amide bonds. The Morgan fingerprint density at radius 2 is 2.20 bits per heavy atom. The third kappa shape index (κ3) is 2.87. The first-order valence-electron chi connectivity index (χ1n) is 6.68. The van der Waals surface area contributed by atoms with Gasteiger partial charge in [0.05, 0.1) is 5.69 Å². The molecule has 7 heteroatoms. The number of carbonyl (C=O) groups is 1. The molecule has 106 valence electrons. The summed E-state index contributed by atoms with van der Waals surface area (Å²) in [5.41, 5.74) is 1.86. The molecule has 2 heterocycles. The smallest absolute Gasteiger partial charge is 0.226 e. The lowest BCUT2D eigenvalue weighted by Gasteiger charge is -2.01. The van der Waals surface area contributed by atoms with Crippen LogP contribution in [-0.4, -0.2) is 21.3 Å². The van der Waals surface area contributed by atoms with Crippen LogP contribution < -0.4 is 5.32 Å². The number of anilines is 1. The number of hydrogen-bond donors (Lipinski definition) is 1. The van der Waals surface area contributed by atoms with Gasteiger partial charge in [0.15, 0.2) is 0 Å². The van der Waals surface area contributed by atoms with Crippen molar-refractivity contribution < 1.29 is 9.32 Å². The molecule has 0 atom stereocenters. The van der Waals surface area contributed by atoms with Crippen molar-refractivity contribution in [3.63, 3.8) is 0 Å². The van der Waals surface area contributed by atoms with E-state index < -0.39 is 0 Å². The van der Waals surface area contributed by atoms with Crippen molar-refractivity contribution in [3.8, 4) is 0 Å². The first kappa shape index (κ1) is 13.2. The topological polar surface area (TPSA) is 80.9 Å². The fraction of sp³-hybridized carbons (Fsp3) is 0.538. The highest BCUT2D eigenvalue weighted by Crippen LogP contribution is 2.42. The molecule has 0 saturated heterocycles. The van der Waals surface area contributed by atoms with Gasteiger partial charge in [-0.25, -0.2) is 0 Å². The largest absolute Gasteiger partial charge is 0.361 e. The summed E-state index contributed by atoms with van der Waals surface area (Å²) in [6.45, 7) is 3.75. The minimum absolute atomic E-state index is 0.0523. The lowest BCUT2D eigenvalue weighted by atomic mass is 10.1. The van der Waals surface area contributed by atoms with Crippen LogP contribution in [0.2, 0.25) is 0 Å². The van der Waals surface area contributed by atoms with Crippen LogP contribution in [0, 0.1) is 13.8 Å². The molecule has 0 unspecified atom stereocenters.